The van der Waals surface area contributed by atoms with E-state index in [1.54, 1.807) is 18.1 Å². The summed E-state index contributed by atoms with van der Waals surface area (Å²) in [7, 11) is 1.62. The van der Waals surface area contributed by atoms with Gasteiger partial charge in [0.1, 0.15) is 10.1 Å². The van der Waals surface area contributed by atoms with Gasteiger partial charge in [0.15, 0.2) is 5.13 Å². The predicted molar refractivity (Wildman–Crippen MR) is 127 cm³/mol. The van der Waals surface area contributed by atoms with Crippen LogP contribution in [0.15, 0.2) is 24.3 Å². The number of nitrogens with zero attached hydrogens (tertiary/aromatic N) is 3. The second-order valence-electron chi connectivity index (χ2n) is 6.48. The van der Waals surface area contributed by atoms with Crippen molar-refractivity contribution in [2.24, 2.45) is 0 Å². The molecule has 0 spiro atoms. The van der Waals surface area contributed by atoms with Crippen LogP contribution in [0, 0.1) is 0 Å². The average molecular weight is 509 g/mol. The van der Waals surface area contributed by atoms with Crippen LogP contribution in [0.5, 0.6) is 5.75 Å². The molecule has 162 valence electrons. The van der Waals surface area contributed by atoms with E-state index < -0.39 is 0 Å². The summed E-state index contributed by atoms with van der Waals surface area (Å²) in [5.74, 6) is 0.533. The number of aromatic nitrogens is 1. The van der Waals surface area contributed by atoms with E-state index in [0.717, 1.165) is 35.6 Å². The SMILES string of the molecule is COc1ccc2sc(N(CCN3CCOCC3)C(=O)c3cc(Cl)sc3Cl)nc2c1.Cl. The van der Waals surface area contributed by atoms with Gasteiger partial charge in [0.2, 0.25) is 0 Å². The van der Waals surface area contributed by atoms with Crippen molar-refractivity contribution in [1.29, 1.82) is 0 Å². The molecule has 0 atom stereocenters. The zero-order chi connectivity index (χ0) is 20.4. The zero-order valence-corrected chi connectivity index (χ0v) is 20.1. The monoisotopic (exact) mass is 507 g/mol. The number of rotatable bonds is 6. The summed E-state index contributed by atoms with van der Waals surface area (Å²) in [4.78, 5) is 22.0. The highest BCUT2D eigenvalue weighted by molar-refractivity contribution is 7.22. The lowest BCUT2D eigenvalue weighted by Gasteiger charge is -2.29. The van der Waals surface area contributed by atoms with Crippen LogP contribution in [0.25, 0.3) is 10.2 Å². The van der Waals surface area contributed by atoms with Crippen LogP contribution in [0.2, 0.25) is 8.67 Å². The van der Waals surface area contributed by atoms with Gasteiger partial charge in [-0.05, 0) is 18.2 Å². The Morgan fingerprint density at radius 3 is 2.70 bits per heavy atom. The second kappa shape index (κ2) is 10.5. The minimum atomic E-state index is -0.197. The maximum Gasteiger partial charge on any atom is 0.262 e. The number of thiazole rings is 1. The molecule has 1 fully saturated rings. The van der Waals surface area contributed by atoms with E-state index in [4.69, 9.17) is 37.7 Å². The van der Waals surface area contributed by atoms with Crippen molar-refractivity contribution in [2.75, 3.05) is 51.4 Å². The number of amides is 1. The van der Waals surface area contributed by atoms with E-state index in [1.807, 2.05) is 18.2 Å². The fourth-order valence-corrected chi connectivity index (χ4v) is 5.54. The van der Waals surface area contributed by atoms with Crippen molar-refractivity contribution in [3.8, 4) is 5.75 Å². The summed E-state index contributed by atoms with van der Waals surface area (Å²) in [5.41, 5.74) is 1.20. The molecule has 0 saturated carbocycles. The summed E-state index contributed by atoms with van der Waals surface area (Å²) in [5, 5.41) is 0.630. The van der Waals surface area contributed by atoms with Crippen LogP contribution in [-0.4, -0.2) is 62.3 Å². The van der Waals surface area contributed by atoms with Gasteiger partial charge < -0.3 is 9.47 Å². The number of methoxy groups -OCH3 is 1. The number of morpholine rings is 1. The molecule has 0 N–H and O–H groups in total. The molecular weight excluding hydrogens is 489 g/mol. The molecule has 3 aromatic rings. The quantitative estimate of drug-likeness (QED) is 0.465. The lowest BCUT2D eigenvalue weighted by molar-refractivity contribution is 0.0391. The first-order valence-corrected chi connectivity index (χ1v) is 11.5. The van der Waals surface area contributed by atoms with Crippen molar-refractivity contribution in [3.63, 3.8) is 0 Å². The third-order valence-electron chi connectivity index (χ3n) is 4.69. The first kappa shape index (κ1) is 23.5. The summed E-state index contributed by atoms with van der Waals surface area (Å²) >= 11 is 15.0. The minimum absolute atomic E-state index is 0. The molecule has 4 rings (SSSR count). The van der Waals surface area contributed by atoms with E-state index in [2.05, 4.69) is 4.90 Å². The van der Waals surface area contributed by atoms with Gasteiger partial charge in [-0.25, -0.2) is 4.98 Å². The summed E-state index contributed by atoms with van der Waals surface area (Å²) in [6, 6.07) is 7.33. The molecule has 1 amide bonds. The smallest absolute Gasteiger partial charge is 0.262 e. The molecule has 11 heteroatoms. The van der Waals surface area contributed by atoms with Crippen molar-refractivity contribution in [1.82, 2.24) is 9.88 Å². The summed E-state index contributed by atoms with van der Waals surface area (Å²) in [6.07, 6.45) is 0. The Balaban J connectivity index is 0.00000256. The highest BCUT2D eigenvalue weighted by Crippen LogP contribution is 2.35. The molecular formula is C19H20Cl3N3O3S2. The summed E-state index contributed by atoms with van der Waals surface area (Å²) < 4.78 is 12.6. The number of fused-ring (bicyclic) bond motifs is 1. The number of anilines is 1. The Bertz CT molecular complexity index is 1020. The number of halogens is 3. The molecule has 0 unspecified atom stereocenters. The Morgan fingerprint density at radius 2 is 2.03 bits per heavy atom. The number of hydrogen-bond donors (Lipinski definition) is 0. The lowest BCUT2D eigenvalue weighted by atomic mass is 10.3. The number of thiophene rings is 1. The lowest BCUT2D eigenvalue weighted by Crippen LogP contribution is -2.43. The molecule has 0 aliphatic carbocycles. The molecule has 0 radical (unpaired) electrons. The highest BCUT2D eigenvalue weighted by atomic mass is 35.5. The van der Waals surface area contributed by atoms with Gasteiger partial charge in [0, 0.05) is 32.2 Å². The Hall–Kier alpha value is -1.13. The van der Waals surface area contributed by atoms with E-state index in [9.17, 15) is 4.79 Å². The van der Waals surface area contributed by atoms with Crippen LogP contribution < -0.4 is 9.64 Å². The maximum absolute atomic E-state index is 13.3. The van der Waals surface area contributed by atoms with Gasteiger partial charge in [0.05, 0.1) is 40.4 Å². The predicted octanol–water partition coefficient (Wildman–Crippen LogP) is 5.07. The van der Waals surface area contributed by atoms with Crippen LogP contribution in [0.1, 0.15) is 10.4 Å². The molecule has 1 aliphatic heterocycles. The van der Waals surface area contributed by atoms with Crippen LogP contribution in [-0.2, 0) is 4.74 Å². The zero-order valence-electron chi connectivity index (χ0n) is 16.1. The third-order valence-corrected chi connectivity index (χ3v) is 7.24. The van der Waals surface area contributed by atoms with Gasteiger partial charge in [-0.1, -0.05) is 34.5 Å². The van der Waals surface area contributed by atoms with Gasteiger partial charge in [-0.2, -0.15) is 0 Å². The largest absolute Gasteiger partial charge is 0.497 e. The molecule has 6 nitrogen and oxygen atoms in total. The number of benzene rings is 1. The van der Waals surface area contributed by atoms with Crippen molar-refractivity contribution >= 4 is 79.5 Å². The van der Waals surface area contributed by atoms with Gasteiger partial charge >= 0.3 is 0 Å². The van der Waals surface area contributed by atoms with Gasteiger partial charge in [0.25, 0.3) is 5.91 Å². The number of hydrogen-bond acceptors (Lipinski definition) is 7. The number of carbonyl (C=O) groups excluding carboxylic acids is 1. The third kappa shape index (κ3) is 5.19. The summed E-state index contributed by atoms with van der Waals surface area (Å²) in [6.45, 7) is 4.35. The molecule has 0 bridgehead atoms. The highest BCUT2D eigenvalue weighted by Gasteiger charge is 2.26. The molecule has 1 saturated heterocycles. The average Bonchev–Trinajstić information content (AvgIpc) is 3.30. The fourth-order valence-electron chi connectivity index (χ4n) is 3.12. The second-order valence-corrected chi connectivity index (χ2v) is 9.77. The number of ether oxygens (including phenoxy) is 2. The van der Waals surface area contributed by atoms with Gasteiger partial charge in [-0.15, -0.1) is 23.7 Å². The van der Waals surface area contributed by atoms with Crippen molar-refractivity contribution < 1.29 is 14.3 Å². The van der Waals surface area contributed by atoms with E-state index in [-0.39, 0.29) is 18.3 Å². The topological polar surface area (TPSA) is 54.9 Å². The first-order valence-electron chi connectivity index (χ1n) is 9.06. The maximum atomic E-state index is 13.3. The van der Waals surface area contributed by atoms with Crippen molar-refractivity contribution in [2.45, 2.75) is 0 Å². The Kier molecular flexibility index (Phi) is 8.20. The number of carbonyl (C=O) groups is 1. The van der Waals surface area contributed by atoms with Crippen LogP contribution in [0.4, 0.5) is 5.13 Å². The van der Waals surface area contributed by atoms with Gasteiger partial charge in [-0.3, -0.25) is 14.6 Å². The molecule has 3 heterocycles. The minimum Gasteiger partial charge on any atom is -0.497 e. The standard InChI is InChI=1S/C19H19Cl2N3O3S2.ClH/c1-26-12-2-3-15-14(10-12)22-19(28-15)24(5-4-23-6-8-27-9-7-23)18(25)13-11-16(20)29-17(13)21;/h2-3,10-11H,4-9H2,1H3;1H. The van der Waals surface area contributed by atoms with E-state index >= 15 is 0 Å². The normalized spacial score (nSPS) is 14.5. The van der Waals surface area contributed by atoms with E-state index in [0.29, 0.717) is 39.1 Å². The fraction of sp³-hybridized carbons (Fsp3) is 0.368. The molecule has 2 aromatic heterocycles. The first-order chi connectivity index (χ1) is 14.0. The Labute approximate surface area is 198 Å². The van der Waals surface area contributed by atoms with E-state index in [1.165, 1.54) is 22.7 Å². The molecule has 1 aliphatic rings. The molecule has 30 heavy (non-hydrogen) atoms. The van der Waals surface area contributed by atoms with Crippen molar-refractivity contribution in [3.05, 3.63) is 38.5 Å². The van der Waals surface area contributed by atoms with Crippen LogP contribution >= 0.6 is 58.3 Å². The Morgan fingerprint density at radius 1 is 1.27 bits per heavy atom. The molecule has 1 aromatic carbocycles. The van der Waals surface area contributed by atoms with Crippen LogP contribution in [0.3, 0.4) is 0 Å².